The summed E-state index contributed by atoms with van der Waals surface area (Å²) in [6.07, 6.45) is 1.20. The second kappa shape index (κ2) is 4.33. The van der Waals surface area contributed by atoms with Crippen LogP contribution in [0, 0.1) is 5.92 Å². The van der Waals surface area contributed by atoms with Gasteiger partial charge in [-0.2, -0.15) is 0 Å². The van der Waals surface area contributed by atoms with E-state index < -0.39 is 9.84 Å². The van der Waals surface area contributed by atoms with Crippen molar-refractivity contribution in [3.05, 3.63) is 29.8 Å². The molecule has 0 heterocycles. The minimum atomic E-state index is -3.11. The average Bonchev–Trinajstić information content (AvgIpc) is 2.15. The fourth-order valence-corrected chi connectivity index (χ4v) is 1.95. The first-order valence-electron chi connectivity index (χ1n) is 4.88. The van der Waals surface area contributed by atoms with Crippen LogP contribution in [0.4, 0.5) is 0 Å². The molecule has 0 fully saturated rings. The highest BCUT2D eigenvalue weighted by atomic mass is 32.2. The fraction of sp³-hybridized carbons (Fsp3) is 0.455. The molecule has 0 spiro atoms. The van der Waals surface area contributed by atoms with Gasteiger partial charge in [-0.3, -0.25) is 0 Å². The lowest BCUT2D eigenvalue weighted by Crippen LogP contribution is -2.16. The summed E-state index contributed by atoms with van der Waals surface area (Å²) in [6.45, 7) is 4.07. The lowest BCUT2D eigenvalue weighted by Gasteiger charge is -2.15. The SMILES string of the molecule is CC(C)C(N)c1ccc(S(C)(=O)=O)cc1. The first-order chi connectivity index (χ1) is 6.82. The molecule has 0 aliphatic rings. The normalized spacial score (nSPS) is 14.2. The highest BCUT2D eigenvalue weighted by molar-refractivity contribution is 7.90. The van der Waals surface area contributed by atoms with E-state index in [1.165, 1.54) is 6.26 Å². The molecular weight excluding hydrogens is 210 g/mol. The maximum atomic E-state index is 11.2. The summed E-state index contributed by atoms with van der Waals surface area (Å²) in [5.41, 5.74) is 6.92. The molecule has 2 N–H and O–H groups in total. The molecule has 0 aliphatic carbocycles. The van der Waals surface area contributed by atoms with Crippen molar-refractivity contribution in [3.63, 3.8) is 0 Å². The summed E-state index contributed by atoms with van der Waals surface area (Å²) in [5, 5.41) is 0. The summed E-state index contributed by atoms with van der Waals surface area (Å²) in [7, 11) is -3.11. The van der Waals surface area contributed by atoms with Gasteiger partial charge in [0.2, 0.25) is 0 Å². The lowest BCUT2D eigenvalue weighted by atomic mass is 9.97. The van der Waals surface area contributed by atoms with Gasteiger partial charge >= 0.3 is 0 Å². The van der Waals surface area contributed by atoms with E-state index in [-0.39, 0.29) is 6.04 Å². The van der Waals surface area contributed by atoms with E-state index in [2.05, 4.69) is 0 Å². The van der Waals surface area contributed by atoms with Crippen molar-refractivity contribution < 1.29 is 8.42 Å². The maximum Gasteiger partial charge on any atom is 0.175 e. The second-order valence-electron chi connectivity index (χ2n) is 4.11. The van der Waals surface area contributed by atoms with E-state index in [4.69, 9.17) is 5.73 Å². The Kier molecular flexibility index (Phi) is 3.52. The molecule has 0 bridgehead atoms. The molecule has 1 aromatic carbocycles. The summed E-state index contributed by atoms with van der Waals surface area (Å²) < 4.78 is 22.4. The molecule has 0 radical (unpaired) electrons. The molecule has 0 saturated carbocycles. The van der Waals surface area contributed by atoms with Crippen LogP contribution in [-0.2, 0) is 9.84 Å². The predicted molar refractivity (Wildman–Crippen MR) is 61.3 cm³/mol. The predicted octanol–water partition coefficient (Wildman–Crippen LogP) is 1.75. The molecule has 1 rings (SSSR count). The Balaban J connectivity index is 3.01. The molecular formula is C11H17NO2S. The second-order valence-corrected chi connectivity index (χ2v) is 6.13. The van der Waals surface area contributed by atoms with E-state index >= 15 is 0 Å². The molecule has 4 heteroatoms. The average molecular weight is 227 g/mol. The van der Waals surface area contributed by atoms with E-state index in [1.54, 1.807) is 24.3 Å². The van der Waals surface area contributed by atoms with Gasteiger partial charge < -0.3 is 5.73 Å². The zero-order valence-electron chi connectivity index (χ0n) is 9.27. The number of hydrogen-bond acceptors (Lipinski definition) is 3. The number of benzene rings is 1. The summed E-state index contributed by atoms with van der Waals surface area (Å²) in [5.74, 6) is 0.342. The van der Waals surface area contributed by atoms with Gasteiger partial charge in [0, 0.05) is 12.3 Å². The van der Waals surface area contributed by atoms with Gasteiger partial charge in [-0.25, -0.2) is 8.42 Å². The molecule has 1 atom stereocenters. The van der Waals surface area contributed by atoms with Gasteiger partial charge in [0.25, 0.3) is 0 Å². The maximum absolute atomic E-state index is 11.2. The molecule has 0 aliphatic heterocycles. The standard InChI is InChI=1S/C11H17NO2S/c1-8(2)11(12)9-4-6-10(7-5-9)15(3,13)14/h4-8,11H,12H2,1-3H3. The minimum absolute atomic E-state index is 0.0430. The monoisotopic (exact) mass is 227 g/mol. The summed E-state index contributed by atoms with van der Waals surface area (Å²) in [4.78, 5) is 0.335. The first kappa shape index (κ1) is 12.2. The van der Waals surface area contributed by atoms with Crippen LogP contribution in [0.2, 0.25) is 0 Å². The zero-order chi connectivity index (χ0) is 11.6. The van der Waals surface area contributed by atoms with E-state index in [0.717, 1.165) is 5.56 Å². The van der Waals surface area contributed by atoms with Crippen LogP contribution in [0.25, 0.3) is 0 Å². The summed E-state index contributed by atoms with van der Waals surface area (Å²) in [6, 6.07) is 6.72. The Morgan fingerprint density at radius 3 is 1.93 bits per heavy atom. The molecule has 15 heavy (non-hydrogen) atoms. The van der Waals surface area contributed by atoms with E-state index in [0.29, 0.717) is 10.8 Å². The highest BCUT2D eigenvalue weighted by Gasteiger charge is 2.12. The van der Waals surface area contributed by atoms with Gasteiger partial charge in [-0.05, 0) is 23.6 Å². The van der Waals surface area contributed by atoms with Gasteiger partial charge in [-0.15, -0.1) is 0 Å². The molecule has 1 aromatic rings. The van der Waals surface area contributed by atoms with Crippen molar-refractivity contribution in [2.45, 2.75) is 24.8 Å². The third-order valence-corrected chi connectivity index (χ3v) is 3.54. The Bertz CT molecular complexity index is 420. The highest BCUT2D eigenvalue weighted by Crippen LogP contribution is 2.20. The number of rotatable bonds is 3. The van der Waals surface area contributed by atoms with Crippen LogP contribution in [0.1, 0.15) is 25.5 Å². The largest absolute Gasteiger partial charge is 0.324 e. The van der Waals surface area contributed by atoms with E-state index in [1.807, 2.05) is 13.8 Å². The van der Waals surface area contributed by atoms with Crippen molar-refractivity contribution >= 4 is 9.84 Å². The Morgan fingerprint density at radius 1 is 1.13 bits per heavy atom. The zero-order valence-corrected chi connectivity index (χ0v) is 10.1. The number of hydrogen-bond donors (Lipinski definition) is 1. The third-order valence-electron chi connectivity index (χ3n) is 2.41. The van der Waals surface area contributed by atoms with Crippen LogP contribution in [0.5, 0.6) is 0 Å². The summed E-state index contributed by atoms with van der Waals surface area (Å²) >= 11 is 0. The van der Waals surface area contributed by atoms with Crippen molar-refractivity contribution in [3.8, 4) is 0 Å². The van der Waals surface area contributed by atoms with Gasteiger partial charge in [-0.1, -0.05) is 26.0 Å². The Morgan fingerprint density at radius 2 is 1.60 bits per heavy atom. The van der Waals surface area contributed by atoms with Crippen molar-refractivity contribution in [1.29, 1.82) is 0 Å². The molecule has 84 valence electrons. The van der Waals surface area contributed by atoms with Crippen LogP contribution in [0.3, 0.4) is 0 Å². The molecule has 1 unspecified atom stereocenters. The minimum Gasteiger partial charge on any atom is -0.324 e. The Hall–Kier alpha value is -0.870. The first-order valence-corrected chi connectivity index (χ1v) is 6.77. The third kappa shape index (κ3) is 3.04. The molecule has 3 nitrogen and oxygen atoms in total. The van der Waals surface area contributed by atoms with Gasteiger partial charge in [0.15, 0.2) is 9.84 Å². The lowest BCUT2D eigenvalue weighted by molar-refractivity contribution is 0.514. The van der Waals surface area contributed by atoms with E-state index in [9.17, 15) is 8.42 Å². The van der Waals surface area contributed by atoms with Crippen LogP contribution >= 0.6 is 0 Å². The van der Waals surface area contributed by atoms with Crippen molar-refractivity contribution in [2.75, 3.05) is 6.26 Å². The van der Waals surface area contributed by atoms with Crippen LogP contribution < -0.4 is 5.73 Å². The van der Waals surface area contributed by atoms with Crippen LogP contribution in [-0.4, -0.2) is 14.7 Å². The quantitative estimate of drug-likeness (QED) is 0.855. The Labute approximate surface area is 91.2 Å². The molecule has 0 saturated heterocycles. The molecule has 0 aromatic heterocycles. The molecule has 0 amide bonds. The fourth-order valence-electron chi connectivity index (χ4n) is 1.32. The number of sulfone groups is 1. The smallest absolute Gasteiger partial charge is 0.175 e. The number of nitrogens with two attached hydrogens (primary N) is 1. The van der Waals surface area contributed by atoms with Gasteiger partial charge in [0.05, 0.1) is 4.90 Å². The van der Waals surface area contributed by atoms with Crippen molar-refractivity contribution in [1.82, 2.24) is 0 Å². The topological polar surface area (TPSA) is 60.2 Å². The van der Waals surface area contributed by atoms with Crippen LogP contribution in [0.15, 0.2) is 29.2 Å². The van der Waals surface area contributed by atoms with Gasteiger partial charge in [0.1, 0.15) is 0 Å². The van der Waals surface area contributed by atoms with Crippen molar-refractivity contribution in [2.24, 2.45) is 11.7 Å².